The zero-order valence-corrected chi connectivity index (χ0v) is 7.47. The van der Waals surface area contributed by atoms with E-state index in [9.17, 15) is 13.2 Å². The minimum absolute atomic E-state index is 0.506. The molecule has 0 unspecified atom stereocenters. The van der Waals surface area contributed by atoms with Gasteiger partial charge in [-0.05, 0) is 24.2 Å². The molecule has 0 aliphatic heterocycles. The molecule has 0 bridgehead atoms. The summed E-state index contributed by atoms with van der Waals surface area (Å²) in [6.07, 6.45) is 0. The van der Waals surface area contributed by atoms with Crippen molar-refractivity contribution in [1.29, 1.82) is 0 Å². The third kappa shape index (κ3) is 2.82. The normalized spacial score (nSPS) is 18.1. The third-order valence-electron chi connectivity index (χ3n) is 1.16. The highest BCUT2D eigenvalue weighted by atomic mass is 32.2. The van der Waals surface area contributed by atoms with E-state index in [0.717, 1.165) is 0 Å². The van der Waals surface area contributed by atoms with Gasteiger partial charge < -0.3 is 5.32 Å². The summed E-state index contributed by atoms with van der Waals surface area (Å²) in [7, 11) is -4.88. The molecule has 0 aliphatic carbocycles. The Kier molecular flexibility index (Phi) is 1.32. The van der Waals surface area contributed by atoms with E-state index in [2.05, 4.69) is 0 Å². The Morgan fingerprint density at radius 3 is 2.86 bits per heavy atom. The van der Waals surface area contributed by atoms with Crippen LogP contribution >= 0.6 is 0 Å². The lowest BCUT2D eigenvalue weighted by atomic mass is 10.3. The van der Waals surface area contributed by atoms with Crippen molar-refractivity contribution in [3.05, 3.63) is 24.2 Å². The summed E-state index contributed by atoms with van der Waals surface area (Å²) in [5.74, 6) is -1.44. The summed E-state index contributed by atoms with van der Waals surface area (Å²) >= 11 is 0. The second-order valence-electron chi connectivity index (χ2n) is 2.21. The molecule has 0 aliphatic rings. The quantitative estimate of drug-likeness (QED) is 0.726. The molecular weight excluding hydrogens is 206 g/mol. The Balaban J connectivity index is 3.38. The van der Waals surface area contributed by atoms with E-state index in [1.165, 1.54) is 0 Å². The highest BCUT2D eigenvalue weighted by Gasteiger charge is 2.08. The lowest BCUT2D eigenvalue weighted by Gasteiger charge is -2.01. The van der Waals surface area contributed by atoms with E-state index in [0.29, 0.717) is 6.07 Å². The van der Waals surface area contributed by atoms with E-state index in [4.69, 9.17) is 12.8 Å². The minimum Gasteiger partial charge on any atom is -0.326 e. The van der Waals surface area contributed by atoms with Crippen molar-refractivity contribution in [3.63, 3.8) is 0 Å². The van der Waals surface area contributed by atoms with Crippen molar-refractivity contribution in [2.45, 2.75) is 11.7 Å². The molecule has 1 aromatic rings. The number of rotatable bonds is 2. The predicted molar refractivity (Wildman–Crippen MR) is 50.6 cm³/mol. The third-order valence-corrected chi connectivity index (χ3v) is 1.90. The first kappa shape index (κ1) is 4.90. The summed E-state index contributed by atoms with van der Waals surface area (Å²) in [5.41, 5.74) is -0.506. The summed E-state index contributed by atoms with van der Waals surface area (Å²) in [5, 5.41) is 1.81. The number of carbonyl (C=O) groups excluding carboxylic acids is 1. The molecule has 76 valence electrons. The fraction of sp³-hybridized carbons (Fsp3) is 0.125. The SMILES string of the molecule is [2H]c1cc(NC(=O)C([2H])([2H])[2H])c([2H])c([2H])c1S(=O)(=O)O. The largest absolute Gasteiger partial charge is 0.326 e. The van der Waals surface area contributed by atoms with Gasteiger partial charge in [-0.3, -0.25) is 9.35 Å². The maximum absolute atomic E-state index is 11.2. The van der Waals surface area contributed by atoms with E-state index in [1.807, 2.05) is 0 Å². The topological polar surface area (TPSA) is 83.5 Å². The molecule has 0 radical (unpaired) electrons. The molecule has 0 fully saturated rings. The molecule has 2 N–H and O–H groups in total. The van der Waals surface area contributed by atoms with Crippen LogP contribution in [0.4, 0.5) is 5.69 Å². The van der Waals surface area contributed by atoms with Crippen LogP contribution in [-0.4, -0.2) is 18.9 Å². The molecule has 0 saturated heterocycles. The predicted octanol–water partition coefficient (Wildman–Crippen LogP) is 0.892. The molecule has 0 atom stereocenters. The molecule has 0 heterocycles. The Bertz CT molecular complexity index is 669. The highest BCUT2D eigenvalue weighted by Crippen LogP contribution is 2.13. The molecule has 6 heteroatoms. The van der Waals surface area contributed by atoms with Gasteiger partial charge >= 0.3 is 0 Å². The molecule has 5 nitrogen and oxygen atoms in total. The molecular formula is C8H9NO4S. The second kappa shape index (κ2) is 3.77. The summed E-state index contributed by atoms with van der Waals surface area (Å²) in [6, 6.07) is -2.01. The lowest BCUT2D eigenvalue weighted by Crippen LogP contribution is -2.06. The van der Waals surface area contributed by atoms with Gasteiger partial charge in [-0.1, -0.05) is 0 Å². The number of hydrogen-bond acceptors (Lipinski definition) is 3. The van der Waals surface area contributed by atoms with E-state index in [-0.39, 0.29) is 0 Å². The number of amides is 1. The summed E-state index contributed by atoms with van der Waals surface area (Å²) in [6.45, 7) is -3.00. The number of anilines is 1. The average Bonchev–Trinajstić information content (AvgIpc) is 2.21. The maximum atomic E-state index is 11.2. The van der Waals surface area contributed by atoms with Crippen LogP contribution in [0, 0.1) is 0 Å². The summed E-state index contributed by atoms with van der Waals surface area (Å²) < 4.78 is 73.5. The van der Waals surface area contributed by atoms with Gasteiger partial charge in [-0.25, -0.2) is 0 Å². The molecule has 1 amide bonds. The van der Waals surface area contributed by atoms with Crippen LogP contribution in [0.2, 0.25) is 0 Å². The van der Waals surface area contributed by atoms with Gasteiger partial charge in [0, 0.05) is 16.7 Å². The van der Waals surface area contributed by atoms with Crippen LogP contribution in [0.5, 0.6) is 0 Å². The number of nitrogens with one attached hydrogen (secondary N) is 1. The van der Waals surface area contributed by atoms with E-state index >= 15 is 0 Å². The zero-order chi connectivity index (χ0) is 15.9. The van der Waals surface area contributed by atoms with Gasteiger partial charge in [0.05, 0.1) is 9.01 Å². The summed E-state index contributed by atoms with van der Waals surface area (Å²) in [4.78, 5) is 10.2. The lowest BCUT2D eigenvalue weighted by molar-refractivity contribution is -0.114. The van der Waals surface area contributed by atoms with Crippen LogP contribution in [0.25, 0.3) is 0 Å². The van der Waals surface area contributed by atoms with Crippen molar-refractivity contribution in [2.24, 2.45) is 0 Å². The standard InChI is InChI=1S/C8H9NO4S/c1-6(10)9-7-2-4-8(5-3-7)14(11,12)13/h2-5H,1H3,(H,9,10)(H,11,12,13)/i1D3,2D,4D,5D. The second-order valence-corrected chi connectivity index (χ2v) is 3.57. The van der Waals surface area contributed by atoms with Crippen LogP contribution in [0.15, 0.2) is 29.1 Å². The first-order chi connectivity index (χ1) is 8.85. The number of hydrogen-bond donors (Lipinski definition) is 2. The fourth-order valence-electron chi connectivity index (χ4n) is 0.663. The number of carbonyl (C=O) groups is 1. The van der Waals surface area contributed by atoms with E-state index < -0.39 is 51.6 Å². The first-order valence-corrected chi connectivity index (χ1v) is 4.69. The zero-order valence-electron chi connectivity index (χ0n) is 12.7. The van der Waals surface area contributed by atoms with Crippen molar-refractivity contribution in [3.8, 4) is 0 Å². The van der Waals surface area contributed by atoms with Crippen molar-refractivity contribution in [2.75, 3.05) is 5.32 Å². The average molecular weight is 221 g/mol. The van der Waals surface area contributed by atoms with Crippen LogP contribution in [-0.2, 0) is 14.9 Å². The van der Waals surface area contributed by atoms with Crippen LogP contribution < -0.4 is 5.32 Å². The van der Waals surface area contributed by atoms with Crippen molar-refractivity contribution in [1.82, 2.24) is 0 Å². The Labute approximate surface area is 89.9 Å². The van der Waals surface area contributed by atoms with Gasteiger partial charge in [-0.15, -0.1) is 0 Å². The van der Waals surface area contributed by atoms with Gasteiger partial charge in [0.15, 0.2) is 0 Å². The van der Waals surface area contributed by atoms with Gasteiger partial charge in [0.1, 0.15) is 0 Å². The molecule has 1 rings (SSSR count). The minimum atomic E-state index is -4.88. The first-order valence-electron chi connectivity index (χ1n) is 6.25. The monoisotopic (exact) mass is 221 g/mol. The number of benzene rings is 1. The molecule has 14 heavy (non-hydrogen) atoms. The maximum Gasteiger partial charge on any atom is 0.294 e. The Morgan fingerprint density at radius 1 is 1.57 bits per heavy atom. The smallest absolute Gasteiger partial charge is 0.294 e. The van der Waals surface area contributed by atoms with E-state index in [1.54, 1.807) is 5.32 Å². The van der Waals surface area contributed by atoms with Gasteiger partial charge in [-0.2, -0.15) is 8.42 Å². The van der Waals surface area contributed by atoms with Crippen LogP contribution in [0.1, 0.15) is 15.1 Å². The van der Waals surface area contributed by atoms with Crippen LogP contribution in [0.3, 0.4) is 0 Å². The highest BCUT2D eigenvalue weighted by molar-refractivity contribution is 7.85. The molecule has 1 aromatic carbocycles. The molecule has 0 spiro atoms. The fourth-order valence-corrected chi connectivity index (χ4v) is 1.05. The van der Waals surface area contributed by atoms with Crippen molar-refractivity contribution < 1.29 is 26.0 Å². The Morgan fingerprint density at radius 2 is 2.29 bits per heavy atom. The molecule has 0 aromatic heterocycles. The Hall–Kier alpha value is -1.40. The van der Waals surface area contributed by atoms with Gasteiger partial charge in [0.25, 0.3) is 10.1 Å². The van der Waals surface area contributed by atoms with Crippen molar-refractivity contribution >= 4 is 21.7 Å². The van der Waals surface area contributed by atoms with Gasteiger partial charge in [0.2, 0.25) is 5.91 Å². The molecule has 0 saturated carbocycles.